The summed E-state index contributed by atoms with van der Waals surface area (Å²) in [5.74, 6) is -0.0159. The lowest BCUT2D eigenvalue weighted by molar-refractivity contribution is -0.130. The minimum atomic E-state index is -0.170. The molecule has 2 nitrogen and oxygen atoms in total. The van der Waals surface area contributed by atoms with Crippen LogP contribution in [0.25, 0.3) is 0 Å². The first-order valence-electron chi connectivity index (χ1n) is 5.19. The van der Waals surface area contributed by atoms with E-state index in [1.165, 1.54) is 0 Å². The molecule has 86 valence electrons. The van der Waals surface area contributed by atoms with Crippen LogP contribution in [0.3, 0.4) is 0 Å². The zero-order valence-electron chi connectivity index (χ0n) is 9.04. The van der Waals surface area contributed by atoms with E-state index >= 15 is 0 Å². The molecule has 0 spiro atoms. The van der Waals surface area contributed by atoms with E-state index in [-0.39, 0.29) is 17.3 Å². The Bertz CT molecular complexity index is 415. The third-order valence-electron chi connectivity index (χ3n) is 3.22. The predicted octanol–water partition coefficient (Wildman–Crippen LogP) is 3.03. The number of rotatable bonds is 3. The molecule has 0 atom stereocenters. The van der Waals surface area contributed by atoms with Gasteiger partial charge in [-0.1, -0.05) is 23.7 Å². The maximum absolute atomic E-state index is 11.6. The summed E-state index contributed by atoms with van der Waals surface area (Å²) in [6.07, 6.45) is 1.96. The van der Waals surface area contributed by atoms with Crippen molar-refractivity contribution in [2.75, 3.05) is 12.9 Å². The molecule has 0 aliphatic heterocycles. The Morgan fingerprint density at radius 3 is 2.69 bits per heavy atom. The number of benzene rings is 1. The van der Waals surface area contributed by atoms with Crippen molar-refractivity contribution in [3.63, 3.8) is 0 Å². The summed E-state index contributed by atoms with van der Waals surface area (Å²) >= 11 is 11.5. The third kappa shape index (κ3) is 1.92. The topological polar surface area (TPSA) is 20.3 Å². The summed E-state index contributed by atoms with van der Waals surface area (Å²) in [7, 11) is 1.80. The first-order valence-corrected chi connectivity index (χ1v) is 6.10. The van der Waals surface area contributed by atoms with Gasteiger partial charge in [-0.25, -0.2) is 0 Å². The van der Waals surface area contributed by atoms with Gasteiger partial charge in [-0.3, -0.25) is 4.79 Å². The lowest BCUT2D eigenvalue weighted by atomic mass is 10.0. The molecule has 0 bridgehead atoms. The van der Waals surface area contributed by atoms with Gasteiger partial charge in [0.2, 0.25) is 5.91 Å². The Morgan fingerprint density at radius 1 is 1.50 bits per heavy atom. The van der Waals surface area contributed by atoms with Gasteiger partial charge in [0, 0.05) is 12.1 Å². The molecule has 0 N–H and O–H groups in total. The molecule has 4 heteroatoms. The van der Waals surface area contributed by atoms with Crippen LogP contribution in [0.4, 0.5) is 0 Å². The lowest BCUT2D eigenvalue weighted by Gasteiger charge is -2.28. The van der Waals surface area contributed by atoms with Crippen LogP contribution in [0.2, 0.25) is 5.02 Å². The summed E-state index contributed by atoms with van der Waals surface area (Å²) in [6.45, 7) is 0. The van der Waals surface area contributed by atoms with Crippen LogP contribution >= 0.6 is 23.2 Å². The van der Waals surface area contributed by atoms with Crippen molar-refractivity contribution in [3.05, 3.63) is 34.9 Å². The second-order valence-electron chi connectivity index (χ2n) is 4.13. The fourth-order valence-corrected chi connectivity index (χ4v) is 2.41. The number of carbonyl (C=O) groups is 1. The second-order valence-corrected chi connectivity index (χ2v) is 4.83. The van der Waals surface area contributed by atoms with E-state index in [9.17, 15) is 4.79 Å². The molecule has 0 saturated heterocycles. The Kier molecular flexibility index (Phi) is 3.13. The molecule has 1 aliphatic rings. The van der Waals surface area contributed by atoms with Gasteiger partial charge in [-0.2, -0.15) is 0 Å². The molecular formula is C12H13Cl2NO. The molecule has 1 fully saturated rings. The SMILES string of the molecule is CN(C(=O)CCl)C1(c2cccc(Cl)c2)CC1. The van der Waals surface area contributed by atoms with E-state index in [1.54, 1.807) is 11.9 Å². The van der Waals surface area contributed by atoms with Gasteiger partial charge in [0.1, 0.15) is 5.88 Å². The summed E-state index contributed by atoms with van der Waals surface area (Å²) < 4.78 is 0. The van der Waals surface area contributed by atoms with Gasteiger partial charge in [-0.15, -0.1) is 11.6 Å². The van der Waals surface area contributed by atoms with Crippen LogP contribution in [-0.2, 0) is 10.3 Å². The number of halogens is 2. The van der Waals surface area contributed by atoms with Gasteiger partial charge in [0.05, 0.1) is 5.54 Å². The molecule has 0 heterocycles. The summed E-state index contributed by atoms with van der Waals surface area (Å²) in [4.78, 5) is 13.4. The molecule has 1 aliphatic carbocycles. The number of amides is 1. The van der Waals surface area contributed by atoms with Crippen molar-refractivity contribution in [1.29, 1.82) is 0 Å². The Labute approximate surface area is 105 Å². The molecule has 1 aromatic carbocycles. The highest BCUT2D eigenvalue weighted by atomic mass is 35.5. The smallest absolute Gasteiger partial charge is 0.237 e. The van der Waals surface area contributed by atoms with Gasteiger partial charge in [0.25, 0.3) is 0 Å². The molecule has 16 heavy (non-hydrogen) atoms. The highest BCUT2D eigenvalue weighted by Gasteiger charge is 2.49. The largest absolute Gasteiger partial charge is 0.335 e. The average Bonchev–Trinajstić information content (AvgIpc) is 3.08. The molecule has 0 radical (unpaired) electrons. The molecule has 1 amide bonds. The maximum Gasteiger partial charge on any atom is 0.237 e. The minimum Gasteiger partial charge on any atom is -0.335 e. The van der Waals surface area contributed by atoms with E-state index < -0.39 is 0 Å². The first kappa shape index (κ1) is 11.7. The fourth-order valence-electron chi connectivity index (χ4n) is 2.04. The number of carbonyl (C=O) groups excluding carboxylic acids is 1. The molecule has 0 aromatic heterocycles. The van der Waals surface area contributed by atoms with E-state index in [0.717, 1.165) is 18.4 Å². The van der Waals surface area contributed by atoms with Gasteiger partial charge in [0.15, 0.2) is 0 Å². The molecule has 1 aromatic rings. The monoisotopic (exact) mass is 257 g/mol. The van der Waals surface area contributed by atoms with Crippen LogP contribution in [0.1, 0.15) is 18.4 Å². The summed E-state index contributed by atoms with van der Waals surface area (Å²) in [5.41, 5.74) is 0.928. The van der Waals surface area contributed by atoms with Crippen molar-refractivity contribution in [1.82, 2.24) is 4.90 Å². The number of hydrogen-bond donors (Lipinski definition) is 0. The quantitative estimate of drug-likeness (QED) is 0.763. The zero-order valence-corrected chi connectivity index (χ0v) is 10.6. The summed E-state index contributed by atoms with van der Waals surface area (Å²) in [6, 6.07) is 7.69. The normalized spacial score (nSPS) is 16.9. The Morgan fingerprint density at radius 2 is 2.19 bits per heavy atom. The molecule has 1 saturated carbocycles. The van der Waals surface area contributed by atoms with E-state index in [2.05, 4.69) is 0 Å². The van der Waals surface area contributed by atoms with E-state index in [1.807, 2.05) is 24.3 Å². The molecule has 2 rings (SSSR count). The standard InChI is InChI=1S/C12H13Cl2NO/c1-15(11(16)8-13)12(5-6-12)9-3-2-4-10(14)7-9/h2-4,7H,5-6,8H2,1H3. The third-order valence-corrected chi connectivity index (χ3v) is 3.68. The van der Waals surface area contributed by atoms with Crippen LogP contribution < -0.4 is 0 Å². The van der Waals surface area contributed by atoms with Gasteiger partial charge in [-0.05, 0) is 30.5 Å². The number of nitrogens with zero attached hydrogens (tertiary/aromatic N) is 1. The van der Waals surface area contributed by atoms with Crippen LogP contribution in [0.5, 0.6) is 0 Å². The van der Waals surface area contributed by atoms with Crippen molar-refractivity contribution in [2.45, 2.75) is 18.4 Å². The van der Waals surface area contributed by atoms with Crippen LogP contribution in [-0.4, -0.2) is 23.7 Å². The minimum absolute atomic E-state index is 0.0266. The highest BCUT2D eigenvalue weighted by molar-refractivity contribution is 6.30. The molecule has 0 unspecified atom stereocenters. The average molecular weight is 258 g/mol. The van der Waals surface area contributed by atoms with Crippen molar-refractivity contribution < 1.29 is 4.79 Å². The highest BCUT2D eigenvalue weighted by Crippen LogP contribution is 2.50. The number of hydrogen-bond acceptors (Lipinski definition) is 1. The Hall–Kier alpha value is -0.730. The van der Waals surface area contributed by atoms with E-state index in [4.69, 9.17) is 23.2 Å². The van der Waals surface area contributed by atoms with Crippen LogP contribution in [0.15, 0.2) is 24.3 Å². The Balaban J connectivity index is 2.29. The van der Waals surface area contributed by atoms with Crippen LogP contribution in [0, 0.1) is 0 Å². The van der Waals surface area contributed by atoms with Gasteiger partial charge < -0.3 is 4.90 Å². The summed E-state index contributed by atoms with van der Waals surface area (Å²) in [5, 5.41) is 0.704. The second kappa shape index (κ2) is 4.27. The lowest BCUT2D eigenvalue weighted by Crippen LogP contribution is -2.37. The van der Waals surface area contributed by atoms with Crippen molar-refractivity contribution in [2.24, 2.45) is 0 Å². The fraction of sp³-hybridized carbons (Fsp3) is 0.417. The number of alkyl halides is 1. The zero-order chi connectivity index (χ0) is 11.8. The van der Waals surface area contributed by atoms with Crippen molar-refractivity contribution in [3.8, 4) is 0 Å². The van der Waals surface area contributed by atoms with E-state index in [0.29, 0.717) is 5.02 Å². The van der Waals surface area contributed by atoms with Gasteiger partial charge >= 0.3 is 0 Å². The van der Waals surface area contributed by atoms with Crippen molar-refractivity contribution >= 4 is 29.1 Å². The molecular weight excluding hydrogens is 245 g/mol. The first-order chi connectivity index (χ1) is 7.60. The maximum atomic E-state index is 11.6. The predicted molar refractivity (Wildman–Crippen MR) is 65.9 cm³/mol.